The highest BCUT2D eigenvalue weighted by molar-refractivity contribution is 6.61. The number of hydrogen-bond acceptors (Lipinski definition) is 2. The van der Waals surface area contributed by atoms with Gasteiger partial charge in [0.1, 0.15) is 0 Å². The molecule has 1 aliphatic heterocycles. The molecule has 20 heavy (non-hydrogen) atoms. The maximum atomic E-state index is 6.05. The van der Waals surface area contributed by atoms with Crippen LogP contribution in [0.5, 0.6) is 0 Å². The lowest BCUT2D eigenvalue weighted by atomic mass is 9.74. The minimum absolute atomic E-state index is 0.119. The molecular weight excluding hydrogens is 247 g/mol. The molecule has 2 rings (SSSR count). The summed E-state index contributed by atoms with van der Waals surface area (Å²) in [6, 6.07) is 8.67. The van der Waals surface area contributed by atoms with Crippen molar-refractivity contribution in [2.24, 2.45) is 5.41 Å². The minimum Gasteiger partial charge on any atom is -0.405 e. The maximum Gasteiger partial charge on any atom is 0.494 e. The molecule has 0 amide bonds. The third kappa shape index (κ3) is 4.36. The second kappa shape index (κ2) is 5.53. The largest absolute Gasteiger partial charge is 0.494 e. The van der Waals surface area contributed by atoms with Gasteiger partial charge in [0.15, 0.2) is 0 Å². The molecule has 0 N–H and O–H groups in total. The van der Waals surface area contributed by atoms with Gasteiger partial charge in [-0.3, -0.25) is 0 Å². The Balaban J connectivity index is 2.10. The van der Waals surface area contributed by atoms with Gasteiger partial charge in [-0.05, 0) is 50.1 Å². The van der Waals surface area contributed by atoms with Gasteiger partial charge in [-0.2, -0.15) is 0 Å². The molecule has 0 spiro atoms. The fourth-order valence-corrected chi connectivity index (χ4v) is 2.87. The van der Waals surface area contributed by atoms with E-state index in [9.17, 15) is 0 Å². The van der Waals surface area contributed by atoms with Crippen LogP contribution in [-0.4, -0.2) is 18.8 Å². The van der Waals surface area contributed by atoms with Gasteiger partial charge in [0.05, 0.1) is 5.60 Å². The van der Waals surface area contributed by atoms with Crippen molar-refractivity contribution in [3.63, 3.8) is 0 Å². The Morgan fingerprint density at radius 2 is 1.80 bits per heavy atom. The third-order valence-electron chi connectivity index (χ3n) is 3.55. The van der Waals surface area contributed by atoms with Crippen molar-refractivity contribution in [2.75, 3.05) is 0 Å². The van der Waals surface area contributed by atoms with Crippen LogP contribution in [0.15, 0.2) is 24.3 Å². The van der Waals surface area contributed by atoms with Crippen LogP contribution in [0, 0.1) is 5.41 Å². The summed E-state index contributed by atoms with van der Waals surface area (Å²) < 4.78 is 12.0. The lowest BCUT2D eigenvalue weighted by Gasteiger charge is -2.38. The van der Waals surface area contributed by atoms with Crippen molar-refractivity contribution in [3.8, 4) is 0 Å². The standard InChI is InChI=1S/C17H27BO2/c1-13-11-17(5,6)20-18(19-13)15-9-7-14(8-10-15)12-16(2,3)4/h7-10,13H,11-12H2,1-6H3. The van der Waals surface area contributed by atoms with Gasteiger partial charge in [-0.15, -0.1) is 0 Å². The molecule has 1 saturated heterocycles. The van der Waals surface area contributed by atoms with Crippen LogP contribution in [0.1, 0.15) is 53.5 Å². The second-order valence-electron chi connectivity index (χ2n) is 7.84. The van der Waals surface area contributed by atoms with E-state index in [4.69, 9.17) is 9.31 Å². The second-order valence-corrected chi connectivity index (χ2v) is 7.84. The molecule has 0 aromatic heterocycles. The van der Waals surface area contributed by atoms with Crippen molar-refractivity contribution >= 4 is 12.6 Å². The van der Waals surface area contributed by atoms with Crippen LogP contribution < -0.4 is 5.46 Å². The Bertz CT molecular complexity index is 445. The lowest BCUT2D eigenvalue weighted by molar-refractivity contribution is -0.0229. The van der Waals surface area contributed by atoms with E-state index >= 15 is 0 Å². The van der Waals surface area contributed by atoms with Gasteiger partial charge in [0.2, 0.25) is 0 Å². The summed E-state index contributed by atoms with van der Waals surface area (Å²) in [4.78, 5) is 0. The van der Waals surface area contributed by atoms with E-state index in [1.165, 1.54) is 5.56 Å². The third-order valence-corrected chi connectivity index (χ3v) is 3.55. The van der Waals surface area contributed by atoms with Crippen molar-refractivity contribution in [1.82, 2.24) is 0 Å². The zero-order valence-electron chi connectivity index (χ0n) is 13.7. The first kappa shape index (κ1) is 15.6. The average molecular weight is 274 g/mol. The highest BCUT2D eigenvalue weighted by atomic mass is 16.6. The van der Waals surface area contributed by atoms with E-state index in [2.05, 4.69) is 65.8 Å². The smallest absolute Gasteiger partial charge is 0.405 e. The molecule has 1 atom stereocenters. The summed E-state index contributed by atoms with van der Waals surface area (Å²) in [5, 5.41) is 0. The van der Waals surface area contributed by atoms with Crippen LogP contribution in [0.25, 0.3) is 0 Å². The Kier molecular flexibility index (Phi) is 4.31. The zero-order valence-corrected chi connectivity index (χ0v) is 13.7. The zero-order chi connectivity index (χ0) is 15.0. The fraction of sp³-hybridized carbons (Fsp3) is 0.647. The number of rotatable bonds is 2. The molecule has 1 heterocycles. The SMILES string of the molecule is CC1CC(C)(C)OB(c2ccc(CC(C)(C)C)cc2)O1. The van der Waals surface area contributed by atoms with Crippen molar-refractivity contribution in [2.45, 2.75) is 66.1 Å². The maximum absolute atomic E-state index is 6.05. The molecule has 1 fully saturated rings. The van der Waals surface area contributed by atoms with Gasteiger partial charge >= 0.3 is 7.12 Å². The molecule has 1 aromatic carbocycles. The van der Waals surface area contributed by atoms with E-state index in [1.54, 1.807) is 0 Å². The average Bonchev–Trinajstić information content (AvgIpc) is 2.24. The Hall–Kier alpha value is -0.795. The molecule has 0 saturated carbocycles. The van der Waals surface area contributed by atoms with Crippen LogP contribution in [-0.2, 0) is 15.7 Å². The van der Waals surface area contributed by atoms with Gasteiger partial charge in [-0.1, -0.05) is 45.0 Å². The van der Waals surface area contributed by atoms with Crippen LogP contribution in [0.4, 0.5) is 0 Å². The highest BCUT2D eigenvalue weighted by Gasteiger charge is 2.37. The first-order chi connectivity index (χ1) is 9.15. The van der Waals surface area contributed by atoms with Crippen LogP contribution in [0.2, 0.25) is 0 Å². The predicted octanol–water partition coefficient (Wildman–Crippen LogP) is 3.57. The summed E-state index contributed by atoms with van der Waals surface area (Å²) in [6.45, 7) is 13.2. The van der Waals surface area contributed by atoms with E-state index in [0.29, 0.717) is 5.41 Å². The summed E-state index contributed by atoms with van der Waals surface area (Å²) in [7, 11) is -0.238. The molecule has 3 heteroatoms. The number of hydrogen-bond donors (Lipinski definition) is 0. The minimum atomic E-state index is -0.238. The normalized spacial score (nSPS) is 22.9. The summed E-state index contributed by atoms with van der Waals surface area (Å²) >= 11 is 0. The molecule has 0 aliphatic carbocycles. The summed E-state index contributed by atoms with van der Waals surface area (Å²) in [5.74, 6) is 0. The van der Waals surface area contributed by atoms with E-state index in [-0.39, 0.29) is 18.8 Å². The fourth-order valence-electron chi connectivity index (χ4n) is 2.87. The van der Waals surface area contributed by atoms with E-state index in [1.807, 2.05) is 0 Å². The first-order valence-corrected chi connectivity index (χ1v) is 7.57. The van der Waals surface area contributed by atoms with E-state index < -0.39 is 0 Å². The highest BCUT2D eigenvalue weighted by Crippen LogP contribution is 2.26. The molecule has 0 bridgehead atoms. The Morgan fingerprint density at radius 3 is 2.30 bits per heavy atom. The molecule has 0 radical (unpaired) electrons. The topological polar surface area (TPSA) is 18.5 Å². The molecule has 2 nitrogen and oxygen atoms in total. The molecule has 1 aromatic rings. The van der Waals surface area contributed by atoms with Gasteiger partial charge in [0.25, 0.3) is 0 Å². The lowest BCUT2D eigenvalue weighted by Crippen LogP contribution is -2.51. The Labute approximate surface area is 124 Å². The van der Waals surface area contributed by atoms with Crippen molar-refractivity contribution < 1.29 is 9.31 Å². The predicted molar refractivity (Wildman–Crippen MR) is 85.3 cm³/mol. The van der Waals surface area contributed by atoms with Crippen LogP contribution >= 0.6 is 0 Å². The van der Waals surface area contributed by atoms with Gasteiger partial charge in [-0.25, -0.2) is 0 Å². The van der Waals surface area contributed by atoms with Crippen LogP contribution in [0.3, 0.4) is 0 Å². The molecular formula is C17H27BO2. The van der Waals surface area contributed by atoms with Crippen molar-refractivity contribution in [1.29, 1.82) is 0 Å². The number of benzene rings is 1. The van der Waals surface area contributed by atoms with Gasteiger partial charge in [0, 0.05) is 6.10 Å². The summed E-state index contributed by atoms with van der Waals surface area (Å²) in [6.07, 6.45) is 2.26. The Morgan fingerprint density at radius 1 is 1.20 bits per heavy atom. The molecule has 1 unspecified atom stereocenters. The van der Waals surface area contributed by atoms with Crippen molar-refractivity contribution in [3.05, 3.63) is 29.8 Å². The summed E-state index contributed by atoms with van der Waals surface area (Å²) in [5.41, 5.74) is 2.68. The van der Waals surface area contributed by atoms with E-state index in [0.717, 1.165) is 18.3 Å². The monoisotopic (exact) mass is 274 g/mol. The first-order valence-electron chi connectivity index (χ1n) is 7.57. The molecule has 1 aliphatic rings. The quantitative estimate of drug-likeness (QED) is 0.767. The van der Waals surface area contributed by atoms with Gasteiger partial charge < -0.3 is 9.31 Å². The molecule has 110 valence electrons.